The number of rotatable bonds is 7. The smallest absolute Gasteiger partial charge is 0.482 e. The number of aliphatic imine (C=N–C) groups is 1. The maximum Gasteiger partial charge on any atom is 0.491 e. The highest BCUT2D eigenvalue weighted by Gasteiger charge is 2.42. The zero-order chi connectivity index (χ0) is 32.6. The van der Waals surface area contributed by atoms with Gasteiger partial charge in [-0.2, -0.15) is 13.2 Å². The molecule has 1 aliphatic rings. The van der Waals surface area contributed by atoms with Crippen LogP contribution in [0.1, 0.15) is 45.7 Å². The van der Waals surface area contributed by atoms with Crippen molar-refractivity contribution in [3.8, 4) is 21.9 Å². The van der Waals surface area contributed by atoms with E-state index in [1.54, 1.807) is 35.6 Å². The molecular formula is C30H24F4N4O6S. The Morgan fingerprint density at radius 1 is 0.956 bits per heavy atom. The number of hydrogen-bond acceptors (Lipinski definition) is 10. The second-order valence-electron chi connectivity index (χ2n) is 9.98. The maximum absolute atomic E-state index is 14.5. The molecule has 0 radical (unpaired) electrons. The number of methoxy groups -OCH3 is 1. The molecule has 5 rings (SSSR count). The summed E-state index contributed by atoms with van der Waals surface area (Å²) < 4.78 is 67.0. The molecule has 10 nitrogen and oxygen atoms in total. The number of halogens is 4. The van der Waals surface area contributed by atoms with Crippen LogP contribution in [0.4, 0.5) is 17.6 Å². The van der Waals surface area contributed by atoms with Crippen molar-refractivity contribution >= 4 is 35.0 Å². The van der Waals surface area contributed by atoms with Crippen LogP contribution < -0.4 is 4.74 Å². The number of esters is 3. The molecule has 0 saturated heterocycles. The summed E-state index contributed by atoms with van der Waals surface area (Å²) in [5, 5.41) is 9.43. The third kappa shape index (κ3) is 6.48. The van der Waals surface area contributed by atoms with Crippen molar-refractivity contribution in [1.29, 1.82) is 0 Å². The Bertz CT molecular complexity index is 1850. The summed E-state index contributed by atoms with van der Waals surface area (Å²) in [6, 6.07) is 9.83. The van der Waals surface area contributed by atoms with Crippen LogP contribution in [0.25, 0.3) is 16.1 Å². The van der Waals surface area contributed by atoms with E-state index < -0.39 is 42.6 Å². The molecule has 4 aromatic rings. The van der Waals surface area contributed by atoms with Crippen molar-refractivity contribution in [2.75, 3.05) is 13.7 Å². The number of aryl methyl sites for hydroxylation is 2. The van der Waals surface area contributed by atoms with Gasteiger partial charge in [0.1, 0.15) is 28.4 Å². The van der Waals surface area contributed by atoms with Crippen molar-refractivity contribution in [3.63, 3.8) is 0 Å². The van der Waals surface area contributed by atoms with E-state index in [1.165, 1.54) is 19.2 Å². The summed E-state index contributed by atoms with van der Waals surface area (Å²) in [5.41, 5.74) is 4.07. The second kappa shape index (κ2) is 12.2. The van der Waals surface area contributed by atoms with Gasteiger partial charge < -0.3 is 14.2 Å². The Kier molecular flexibility index (Phi) is 8.56. The first kappa shape index (κ1) is 31.5. The normalized spacial score (nSPS) is 14.1. The fourth-order valence-electron chi connectivity index (χ4n) is 4.73. The van der Waals surface area contributed by atoms with Crippen LogP contribution in [-0.2, 0) is 23.9 Å². The number of ether oxygens (including phenoxy) is 3. The lowest BCUT2D eigenvalue weighted by Crippen LogP contribution is -2.30. The van der Waals surface area contributed by atoms with E-state index in [4.69, 9.17) is 14.5 Å². The third-order valence-electron chi connectivity index (χ3n) is 6.98. The zero-order valence-corrected chi connectivity index (χ0v) is 25.0. The minimum Gasteiger partial charge on any atom is -0.482 e. The Labute approximate surface area is 257 Å². The molecule has 1 atom stereocenters. The summed E-state index contributed by atoms with van der Waals surface area (Å²) in [5.74, 6) is -4.50. The van der Waals surface area contributed by atoms with Crippen molar-refractivity contribution in [3.05, 3.63) is 81.5 Å². The highest BCUT2D eigenvalue weighted by molar-refractivity contribution is 7.15. The molecule has 2 aromatic heterocycles. The fraction of sp³-hybridized carbons (Fsp3) is 0.267. The van der Waals surface area contributed by atoms with Crippen LogP contribution >= 0.6 is 11.3 Å². The van der Waals surface area contributed by atoms with Crippen LogP contribution in [-0.4, -0.2) is 58.3 Å². The molecule has 0 saturated carbocycles. The number of aromatic nitrogens is 3. The van der Waals surface area contributed by atoms with E-state index in [2.05, 4.69) is 14.9 Å². The number of benzene rings is 2. The lowest BCUT2D eigenvalue weighted by Gasteiger charge is -2.12. The monoisotopic (exact) mass is 644 g/mol. The van der Waals surface area contributed by atoms with Crippen LogP contribution in [0.15, 0.2) is 47.5 Å². The first-order chi connectivity index (χ1) is 21.3. The molecule has 0 aliphatic carbocycles. The molecule has 0 spiro atoms. The van der Waals surface area contributed by atoms with Gasteiger partial charge >= 0.3 is 24.1 Å². The molecule has 0 bridgehead atoms. The van der Waals surface area contributed by atoms with Crippen LogP contribution in [0.5, 0.6) is 5.75 Å². The van der Waals surface area contributed by atoms with Gasteiger partial charge in [-0.15, -0.1) is 21.5 Å². The molecule has 0 fully saturated rings. The Hall–Kier alpha value is -4.92. The lowest BCUT2D eigenvalue weighted by atomic mass is 9.97. The molecule has 234 valence electrons. The SMILES string of the molecule is COC(=O)C[C@@H]1N=C(c2ccc(-c3cc(F)cc(OCC(=O)OC(=O)C(F)(F)F)c3)cc2)c2c(sc(C)c2C)-n2c(C)nnc21. The summed E-state index contributed by atoms with van der Waals surface area (Å²) in [6.07, 6.45) is -5.41. The molecule has 0 amide bonds. The number of carbonyl (C=O) groups is 3. The van der Waals surface area contributed by atoms with E-state index in [9.17, 15) is 31.9 Å². The quantitative estimate of drug-likeness (QED) is 0.146. The Balaban J connectivity index is 1.46. The van der Waals surface area contributed by atoms with E-state index in [1.807, 2.05) is 25.3 Å². The molecule has 0 unspecified atom stereocenters. The molecule has 3 heterocycles. The maximum atomic E-state index is 14.5. The number of fused-ring (bicyclic) bond motifs is 3. The molecular weight excluding hydrogens is 620 g/mol. The highest BCUT2D eigenvalue weighted by Crippen LogP contribution is 2.40. The topological polar surface area (TPSA) is 122 Å². The summed E-state index contributed by atoms with van der Waals surface area (Å²) in [6.45, 7) is 4.75. The van der Waals surface area contributed by atoms with Gasteiger partial charge in [0, 0.05) is 22.1 Å². The summed E-state index contributed by atoms with van der Waals surface area (Å²) in [7, 11) is 1.30. The van der Waals surface area contributed by atoms with E-state index in [-0.39, 0.29) is 12.2 Å². The van der Waals surface area contributed by atoms with Gasteiger partial charge in [0.25, 0.3) is 0 Å². The average molecular weight is 645 g/mol. The van der Waals surface area contributed by atoms with Crippen molar-refractivity contribution in [2.45, 2.75) is 39.4 Å². The molecule has 45 heavy (non-hydrogen) atoms. The van der Waals surface area contributed by atoms with Gasteiger partial charge in [-0.25, -0.2) is 14.0 Å². The Morgan fingerprint density at radius 3 is 2.31 bits per heavy atom. The predicted molar refractivity (Wildman–Crippen MR) is 153 cm³/mol. The largest absolute Gasteiger partial charge is 0.491 e. The lowest BCUT2D eigenvalue weighted by molar-refractivity contribution is -0.202. The number of hydrogen-bond donors (Lipinski definition) is 0. The number of nitrogens with zero attached hydrogens (tertiary/aromatic N) is 4. The predicted octanol–water partition coefficient (Wildman–Crippen LogP) is 5.53. The van der Waals surface area contributed by atoms with Gasteiger partial charge in [0.05, 0.1) is 19.2 Å². The number of thiophene rings is 1. The van der Waals surface area contributed by atoms with Crippen molar-refractivity contribution in [1.82, 2.24) is 14.8 Å². The molecule has 2 aromatic carbocycles. The van der Waals surface area contributed by atoms with Gasteiger partial charge in [-0.1, -0.05) is 24.3 Å². The second-order valence-corrected chi connectivity index (χ2v) is 11.2. The third-order valence-corrected chi connectivity index (χ3v) is 8.18. The minimum atomic E-state index is -5.35. The fourth-order valence-corrected chi connectivity index (χ4v) is 5.95. The Morgan fingerprint density at radius 2 is 1.64 bits per heavy atom. The molecule has 1 aliphatic heterocycles. The van der Waals surface area contributed by atoms with E-state index in [0.29, 0.717) is 34.1 Å². The zero-order valence-electron chi connectivity index (χ0n) is 24.2. The van der Waals surface area contributed by atoms with Gasteiger partial charge in [-0.3, -0.25) is 14.4 Å². The number of carbonyl (C=O) groups excluding carboxylic acids is 3. The average Bonchev–Trinajstić information content (AvgIpc) is 3.47. The first-order valence-electron chi connectivity index (χ1n) is 13.3. The number of alkyl halides is 3. The van der Waals surface area contributed by atoms with E-state index >= 15 is 0 Å². The van der Waals surface area contributed by atoms with E-state index in [0.717, 1.165) is 27.1 Å². The van der Waals surface area contributed by atoms with Crippen molar-refractivity contribution in [2.24, 2.45) is 4.99 Å². The van der Waals surface area contributed by atoms with Gasteiger partial charge in [0.2, 0.25) is 0 Å². The molecule has 0 N–H and O–H groups in total. The standard InChI is InChI=1S/C30H24F4N4O6S/c1-14-15(2)45-28-25(14)26(35-22(12-23(39)42-4)27-37-36-16(3)38(27)28)18-7-5-17(6-8-18)19-9-20(31)11-21(10-19)43-13-24(40)44-29(41)30(32,33)34/h5-11,22H,12-13H2,1-4H3/t22-/m0/s1. The van der Waals surface area contributed by atoms with Crippen LogP contribution in [0.3, 0.4) is 0 Å². The summed E-state index contributed by atoms with van der Waals surface area (Å²) >= 11 is 1.55. The van der Waals surface area contributed by atoms with Crippen molar-refractivity contribution < 1.29 is 46.2 Å². The molecule has 15 heteroatoms. The first-order valence-corrected chi connectivity index (χ1v) is 14.1. The van der Waals surface area contributed by atoms with Gasteiger partial charge in [0.15, 0.2) is 12.4 Å². The highest BCUT2D eigenvalue weighted by atomic mass is 32.1. The summed E-state index contributed by atoms with van der Waals surface area (Å²) in [4.78, 5) is 40.8. The van der Waals surface area contributed by atoms with Crippen LogP contribution in [0, 0.1) is 26.6 Å². The van der Waals surface area contributed by atoms with Gasteiger partial charge in [-0.05, 0) is 49.6 Å². The minimum absolute atomic E-state index is 0.0623. The van der Waals surface area contributed by atoms with Crippen LogP contribution in [0.2, 0.25) is 0 Å².